The topological polar surface area (TPSA) is 58.3 Å². The van der Waals surface area contributed by atoms with Crippen molar-refractivity contribution in [2.75, 3.05) is 13.1 Å². The fourth-order valence-electron chi connectivity index (χ4n) is 1.54. The fraction of sp³-hybridized carbons (Fsp3) is 1.00. The maximum Gasteiger partial charge on any atom is 0.0731 e. The number of nitrogens with two attached hydrogens (primary N) is 1. The Morgan fingerprint density at radius 3 is 2.83 bits per heavy atom. The predicted octanol–water partition coefficient (Wildman–Crippen LogP) is -0.398. The van der Waals surface area contributed by atoms with Crippen LogP contribution in [0, 0.1) is 5.92 Å². The zero-order valence-corrected chi connectivity index (χ0v) is 8.30. The molecule has 1 heterocycles. The van der Waals surface area contributed by atoms with Gasteiger partial charge in [0.1, 0.15) is 0 Å². The second kappa shape index (κ2) is 4.46. The zero-order chi connectivity index (χ0) is 9.14. The van der Waals surface area contributed by atoms with Gasteiger partial charge in [-0.15, -0.1) is 0 Å². The third kappa shape index (κ3) is 2.36. The van der Waals surface area contributed by atoms with Crippen molar-refractivity contribution in [2.24, 2.45) is 11.7 Å². The first-order valence-electron chi connectivity index (χ1n) is 4.44. The Kier molecular flexibility index (Phi) is 3.83. The van der Waals surface area contributed by atoms with Crippen LogP contribution in [0.2, 0.25) is 0 Å². The lowest BCUT2D eigenvalue weighted by Gasteiger charge is -2.23. The molecule has 0 aromatic heterocycles. The Balaban J connectivity index is 2.37. The van der Waals surface area contributed by atoms with Crippen LogP contribution in [0.4, 0.5) is 0 Å². The molecule has 72 valence electrons. The molecule has 4 N–H and O–H groups in total. The quantitative estimate of drug-likeness (QED) is 0.458. The summed E-state index contributed by atoms with van der Waals surface area (Å²) in [6, 6.07) is 0.186. The van der Waals surface area contributed by atoms with Gasteiger partial charge in [0, 0.05) is 17.8 Å². The number of rotatable bonds is 3. The van der Waals surface area contributed by atoms with Gasteiger partial charge in [-0.3, -0.25) is 0 Å². The summed E-state index contributed by atoms with van der Waals surface area (Å²) in [5.74, 6) is 0.168. The van der Waals surface area contributed by atoms with Crippen molar-refractivity contribution >= 4 is 12.6 Å². The fourth-order valence-corrected chi connectivity index (χ4v) is 1.88. The van der Waals surface area contributed by atoms with E-state index in [2.05, 4.69) is 17.9 Å². The number of thiol groups is 1. The highest BCUT2D eigenvalue weighted by molar-refractivity contribution is 7.81. The number of nitrogens with one attached hydrogen (secondary N) is 1. The third-order valence-electron chi connectivity index (χ3n) is 2.51. The molecule has 0 unspecified atom stereocenters. The van der Waals surface area contributed by atoms with Crippen molar-refractivity contribution in [3.05, 3.63) is 0 Å². The van der Waals surface area contributed by atoms with Crippen molar-refractivity contribution < 1.29 is 5.11 Å². The molecule has 0 spiro atoms. The van der Waals surface area contributed by atoms with E-state index in [0.29, 0.717) is 11.8 Å². The van der Waals surface area contributed by atoms with Gasteiger partial charge in [-0.25, -0.2) is 0 Å². The molecule has 0 aliphatic carbocycles. The van der Waals surface area contributed by atoms with Crippen LogP contribution in [-0.4, -0.2) is 35.6 Å². The SMILES string of the molecule is C[C@H](CN)[C@@H](O)[C@@H]1C[C@H](S)CN1. The van der Waals surface area contributed by atoms with E-state index in [-0.39, 0.29) is 18.1 Å². The van der Waals surface area contributed by atoms with E-state index in [1.165, 1.54) is 0 Å². The van der Waals surface area contributed by atoms with Crippen molar-refractivity contribution in [3.8, 4) is 0 Å². The summed E-state index contributed by atoms with van der Waals surface area (Å²) < 4.78 is 0. The van der Waals surface area contributed by atoms with Gasteiger partial charge in [0.05, 0.1) is 6.10 Å². The van der Waals surface area contributed by atoms with Crippen LogP contribution in [-0.2, 0) is 0 Å². The van der Waals surface area contributed by atoms with E-state index in [1.807, 2.05) is 6.92 Å². The van der Waals surface area contributed by atoms with E-state index in [1.54, 1.807) is 0 Å². The average Bonchev–Trinajstić information content (AvgIpc) is 2.49. The zero-order valence-electron chi connectivity index (χ0n) is 7.40. The van der Waals surface area contributed by atoms with Crippen molar-refractivity contribution in [1.82, 2.24) is 5.32 Å². The van der Waals surface area contributed by atoms with Gasteiger partial charge in [-0.1, -0.05) is 6.92 Å². The number of aliphatic hydroxyl groups is 1. The lowest BCUT2D eigenvalue weighted by molar-refractivity contribution is 0.0864. The van der Waals surface area contributed by atoms with Crippen LogP contribution in [0.3, 0.4) is 0 Å². The van der Waals surface area contributed by atoms with Gasteiger partial charge in [-0.2, -0.15) is 12.6 Å². The minimum atomic E-state index is -0.327. The summed E-state index contributed by atoms with van der Waals surface area (Å²) >= 11 is 4.34. The molecule has 1 aliphatic rings. The van der Waals surface area contributed by atoms with Gasteiger partial charge >= 0.3 is 0 Å². The second-order valence-corrected chi connectivity index (χ2v) is 4.34. The standard InChI is InChI=1S/C8H18N2OS/c1-5(3-9)8(11)7-2-6(12)4-10-7/h5-8,10-12H,2-4,9H2,1H3/t5-,6+,7+,8-/m1/s1. The molecule has 0 bridgehead atoms. The smallest absolute Gasteiger partial charge is 0.0731 e. The minimum Gasteiger partial charge on any atom is -0.391 e. The summed E-state index contributed by atoms with van der Waals surface area (Å²) in [6.07, 6.45) is 0.612. The van der Waals surface area contributed by atoms with E-state index in [0.717, 1.165) is 13.0 Å². The van der Waals surface area contributed by atoms with Gasteiger partial charge in [0.25, 0.3) is 0 Å². The highest BCUT2D eigenvalue weighted by Crippen LogP contribution is 2.18. The molecule has 3 nitrogen and oxygen atoms in total. The molecule has 1 aliphatic heterocycles. The molecular weight excluding hydrogens is 172 g/mol. The molecule has 0 radical (unpaired) electrons. The first-order valence-corrected chi connectivity index (χ1v) is 4.96. The molecule has 1 fully saturated rings. The van der Waals surface area contributed by atoms with Crippen LogP contribution in [0.25, 0.3) is 0 Å². The lowest BCUT2D eigenvalue weighted by Crippen LogP contribution is -2.41. The van der Waals surface area contributed by atoms with E-state index < -0.39 is 0 Å². The van der Waals surface area contributed by atoms with E-state index in [4.69, 9.17) is 5.73 Å². The molecule has 0 aromatic rings. The van der Waals surface area contributed by atoms with Crippen molar-refractivity contribution in [3.63, 3.8) is 0 Å². The van der Waals surface area contributed by atoms with Gasteiger partial charge in [0.15, 0.2) is 0 Å². The van der Waals surface area contributed by atoms with Crippen LogP contribution < -0.4 is 11.1 Å². The normalized spacial score (nSPS) is 35.0. The Labute approximate surface area is 79.1 Å². The lowest BCUT2D eigenvalue weighted by atomic mass is 9.97. The Bertz CT molecular complexity index is 145. The van der Waals surface area contributed by atoms with Crippen LogP contribution in [0.15, 0.2) is 0 Å². The van der Waals surface area contributed by atoms with Gasteiger partial charge < -0.3 is 16.2 Å². The molecule has 4 atom stereocenters. The maximum atomic E-state index is 9.76. The first-order chi connectivity index (χ1) is 5.65. The Morgan fingerprint density at radius 2 is 2.42 bits per heavy atom. The molecule has 0 aromatic carbocycles. The highest BCUT2D eigenvalue weighted by atomic mass is 32.1. The summed E-state index contributed by atoms with van der Waals surface area (Å²) in [4.78, 5) is 0. The summed E-state index contributed by atoms with van der Waals surface area (Å²) in [7, 11) is 0. The second-order valence-electron chi connectivity index (χ2n) is 3.61. The molecule has 1 rings (SSSR count). The number of hydrogen-bond acceptors (Lipinski definition) is 4. The van der Waals surface area contributed by atoms with Gasteiger partial charge in [0.2, 0.25) is 0 Å². The van der Waals surface area contributed by atoms with Crippen molar-refractivity contribution in [2.45, 2.75) is 30.7 Å². The molecule has 0 saturated carbocycles. The molecule has 1 saturated heterocycles. The van der Waals surface area contributed by atoms with Crippen LogP contribution >= 0.6 is 12.6 Å². The molecule has 0 amide bonds. The summed E-state index contributed by atoms with van der Waals surface area (Å²) in [6.45, 7) is 3.40. The average molecular weight is 190 g/mol. The van der Waals surface area contributed by atoms with Crippen LogP contribution in [0.1, 0.15) is 13.3 Å². The number of aliphatic hydroxyl groups excluding tert-OH is 1. The van der Waals surface area contributed by atoms with E-state index in [9.17, 15) is 5.11 Å². The van der Waals surface area contributed by atoms with E-state index >= 15 is 0 Å². The highest BCUT2D eigenvalue weighted by Gasteiger charge is 2.29. The Morgan fingerprint density at radius 1 is 1.75 bits per heavy atom. The maximum absolute atomic E-state index is 9.76. The number of hydrogen-bond donors (Lipinski definition) is 4. The molecular formula is C8H18N2OS. The largest absolute Gasteiger partial charge is 0.391 e. The molecule has 12 heavy (non-hydrogen) atoms. The van der Waals surface area contributed by atoms with Crippen LogP contribution in [0.5, 0.6) is 0 Å². The third-order valence-corrected chi connectivity index (χ3v) is 2.90. The van der Waals surface area contributed by atoms with Gasteiger partial charge in [-0.05, 0) is 18.9 Å². The Hall–Kier alpha value is 0.230. The van der Waals surface area contributed by atoms with Crippen molar-refractivity contribution in [1.29, 1.82) is 0 Å². The summed E-state index contributed by atoms with van der Waals surface area (Å²) in [5, 5.41) is 13.4. The summed E-state index contributed by atoms with van der Waals surface area (Å²) in [5.41, 5.74) is 5.47. The first kappa shape index (κ1) is 10.3. The minimum absolute atomic E-state index is 0.168. The monoisotopic (exact) mass is 190 g/mol. The molecule has 4 heteroatoms. The predicted molar refractivity (Wildman–Crippen MR) is 53.4 cm³/mol.